The molecule has 1 fully saturated rings. The Morgan fingerprint density at radius 2 is 2.11 bits per heavy atom. The molecule has 2 aromatic rings. The van der Waals surface area contributed by atoms with Crippen molar-refractivity contribution in [3.05, 3.63) is 59.7 Å². The van der Waals surface area contributed by atoms with E-state index in [9.17, 15) is 17.6 Å². The average molecular weight is 391 g/mol. The van der Waals surface area contributed by atoms with Gasteiger partial charge in [0.1, 0.15) is 5.82 Å². The standard InChI is InChI=1S/C19H22FN3O3S/c1-23(16-7-9-27(25,26)13-16)17-10-15(11-21-12-17)19(24)22-8-6-14-4-2-3-5-18(14)20/h2-5,10-12,16H,6-9,13H2,1H3,(H,22,24). The van der Waals surface area contributed by atoms with Crippen molar-refractivity contribution in [1.82, 2.24) is 10.3 Å². The second-order valence-electron chi connectivity index (χ2n) is 6.70. The number of carbonyl (C=O) groups excluding carboxylic acids is 1. The highest BCUT2D eigenvalue weighted by atomic mass is 32.2. The fourth-order valence-electron chi connectivity index (χ4n) is 3.15. The molecule has 0 spiro atoms. The summed E-state index contributed by atoms with van der Waals surface area (Å²) in [5.41, 5.74) is 1.62. The number of aromatic nitrogens is 1. The summed E-state index contributed by atoms with van der Waals surface area (Å²) in [6, 6.07) is 8.04. The number of carbonyl (C=O) groups is 1. The topological polar surface area (TPSA) is 79.4 Å². The van der Waals surface area contributed by atoms with E-state index in [1.807, 2.05) is 11.9 Å². The number of sulfone groups is 1. The van der Waals surface area contributed by atoms with Gasteiger partial charge in [0.15, 0.2) is 9.84 Å². The lowest BCUT2D eigenvalue weighted by atomic mass is 10.1. The molecule has 1 atom stereocenters. The van der Waals surface area contributed by atoms with Crippen LogP contribution in [0.4, 0.5) is 10.1 Å². The second kappa shape index (κ2) is 8.04. The molecule has 1 N–H and O–H groups in total. The van der Waals surface area contributed by atoms with Crippen LogP contribution < -0.4 is 10.2 Å². The van der Waals surface area contributed by atoms with Crippen molar-refractivity contribution in [2.45, 2.75) is 18.9 Å². The minimum atomic E-state index is -2.99. The predicted octanol–water partition coefficient (Wildman–Crippen LogP) is 1.82. The van der Waals surface area contributed by atoms with Gasteiger partial charge in [0.05, 0.1) is 29.0 Å². The maximum Gasteiger partial charge on any atom is 0.252 e. The van der Waals surface area contributed by atoms with Crippen molar-refractivity contribution in [2.75, 3.05) is 30.0 Å². The molecule has 1 aromatic carbocycles. The van der Waals surface area contributed by atoms with Crippen LogP contribution in [-0.4, -0.2) is 50.4 Å². The molecule has 0 aliphatic carbocycles. The molecule has 1 unspecified atom stereocenters. The second-order valence-corrected chi connectivity index (χ2v) is 8.93. The first-order valence-electron chi connectivity index (χ1n) is 8.75. The third-order valence-electron chi connectivity index (χ3n) is 4.79. The molecular formula is C19H22FN3O3S. The summed E-state index contributed by atoms with van der Waals surface area (Å²) in [6.45, 7) is 0.306. The van der Waals surface area contributed by atoms with E-state index < -0.39 is 9.84 Å². The van der Waals surface area contributed by atoms with Crippen LogP contribution in [0.1, 0.15) is 22.3 Å². The number of benzene rings is 1. The van der Waals surface area contributed by atoms with Gasteiger partial charge in [0.2, 0.25) is 0 Å². The molecule has 0 bridgehead atoms. The zero-order valence-electron chi connectivity index (χ0n) is 15.1. The molecule has 2 heterocycles. The van der Waals surface area contributed by atoms with Crippen molar-refractivity contribution >= 4 is 21.4 Å². The Hall–Kier alpha value is -2.48. The van der Waals surface area contributed by atoms with Gasteiger partial charge in [0, 0.05) is 25.8 Å². The average Bonchev–Trinajstić information content (AvgIpc) is 3.02. The molecule has 1 aromatic heterocycles. The molecule has 27 heavy (non-hydrogen) atoms. The minimum Gasteiger partial charge on any atom is -0.369 e. The van der Waals surface area contributed by atoms with Crippen molar-refractivity contribution < 1.29 is 17.6 Å². The lowest BCUT2D eigenvalue weighted by Crippen LogP contribution is -2.33. The molecule has 0 saturated carbocycles. The van der Waals surface area contributed by atoms with Crippen LogP contribution in [0.15, 0.2) is 42.7 Å². The summed E-state index contributed by atoms with van der Waals surface area (Å²) < 4.78 is 37.0. The first-order chi connectivity index (χ1) is 12.9. The van der Waals surface area contributed by atoms with Gasteiger partial charge in [-0.3, -0.25) is 9.78 Å². The lowest BCUT2D eigenvalue weighted by molar-refractivity contribution is 0.0953. The highest BCUT2D eigenvalue weighted by Crippen LogP contribution is 2.23. The number of nitrogens with one attached hydrogen (secondary N) is 1. The zero-order valence-corrected chi connectivity index (χ0v) is 15.9. The Labute approximate surface area is 158 Å². The summed E-state index contributed by atoms with van der Waals surface area (Å²) in [6.07, 6.45) is 4.03. The van der Waals surface area contributed by atoms with Gasteiger partial charge in [-0.15, -0.1) is 0 Å². The lowest BCUT2D eigenvalue weighted by Gasteiger charge is -2.25. The number of pyridine rings is 1. The van der Waals surface area contributed by atoms with Crippen LogP contribution in [0.2, 0.25) is 0 Å². The highest BCUT2D eigenvalue weighted by molar-refractivity contribution is 7.91. The quantitative estimate of drug-likeness (QED) is 0.813. The third kappa shape index (κ3) is 4.82. The molecule has 1 aliphatic rings. The summed E-state index contributed by atoms with van der Waals surface area (Å²) in [5, 5.41) is 2.76. The Bertz CT molecular complexity index is 933. The van der Waals surface area contributed by atoms with Crippen LogP contribution >= 0.6 is 0 Å². The zero-order chi connectivity index (χ0) is 19.4. The maximum absolute atomic E-state index is 13.6. The number of halogens is 1. The van der Waals surface area contributed by atoms with Crippen molar-refractivity contribution in [2.24, 2.45) is 0 Å². The first-order valence-corrected chi connectivity index (χ1v) is 10.6. The van der Waals surface area contributed by atoms with Gasteiger partial charge in [-0.05, 0) is 30.5 Å². The molecule has 6 nitrogen and oxygen atoms in total. The first kappa shape index (κ1) is 19.3. The normalized spacial score (nSPS) is 18.2. The third-order valence-corrected chi connectivity index (χ3v) is 6.54. The fourth-order valence-corrected chi connectivity index (χ4v) is 4.92. The molecular weight excluding hydrogens is 369 g/mol. The Kier molecular flexibility index (Phi) is 5.74. The summed E-state index contributed by atoms with van der Waals surface area (Å²) >= 11 is 0. The van der Waals surface area contributed by atoms with E-state index in [2.05, 4.69) is 10.3 Å². The van der Waals surface area contributed by atoms with Crippen LogP contribution in [-0.2, 0) is 16.3 Å². The smallest absolute Gasteiger partial charge is 0.252 e. The fraction of sp³-hybridized carbons (Fsp3) is 0.368. The number of nitrogens with zero attached hydrogens (tertiary/aromatic N) is 2. The van der Waals surface area contributed by atoms with Crippen LogP contribution in [0.3, 0.4) is 0 Å². The Balaban J connectivity index is 1.61. The SMILES string of the molecule is CN(c1cncc(C(=O)NCCc2ccccc2F)c1)C1CCS(=O)(=O)C1. The van der Waals surface area contributed by atoms with E-state index in [0.717, 1.165) is 0 Å². The van der Waals surface area contributed by atoms with E-state index in [4.69, 9.17) is 0 Å². The number of hydrogen-bond acceptors (Lipinski definition) is 5. The molecule has 144 valence electrons. The van der Waals surface area contributed by atoms with Crippen LogP contribution in [0.5, 0.6) is 0 Å². The van der Waals surface area contributed by atoms with E-state index in [0.29, 0.717) is 36.2 Å². The van der Waals surface area contributed by atoms with Gasteiger partial charge in [0.25, 0.3) is 5.91 Å². The molecule has 3 rings (SSSR count). The Morgan fingerprint density at radius 1 is 1.33 bits per heavy atom. The number of anilines is 1. The highest BCUT2D eigenvalue weighted by Gasteiger charge is 2.31. The summed E-state index contributed by atoms with van der Waals surface area (Å²) in [7, 11) is -1.18. The van der Waals surface area contributed by atoms with E-state index >= 15 is 0 Å². The van der Waals surface area contributed by atoms with Gasteiger partial charge in [-0.2, -0.15) is 0 Å². The van der Waals surface area contributed by atoms with Crippen molar-refractivity contribution in [1.29, 1.82) is 0 Å². The van der Waals surface area contributed by atoms with Gasteiger partial charge >= 0.3 is 0 Å². The molecule has 8 heteroatoms. The van der Waals surface area contributed by atoms with Gasteiger partial charge in [-0.25, -0.2) is 12.8 Å². The molecule has 1 aliphatic heterocycles. The molecule has 1 amide bonds. The molecule has 1 saturated heterocycles. The van der Waals surface area contributed by atoms with Crippen molar-refractivity contribution in [3.63, 3.8) is 0 Å². The van der Waals surface area contributed by atoms with E-state index in [1.54, 1.807) is 30.5 Å². The summed E-state index contributed by atoms with van der Waals surface area (Å²) in [5.74, 6) is -0.287. The number of rotatable bonds is 6. The van der Waals surface area contributed by atoms with Gasteiger partial charge in [-0.1, -0.05) is 18.2 Å². The number of hydrogen-bond donors (Lipinski definition) is 1. The monoisotopic (exact) mass is 391 g/mol. The van der Waals surface area contributed by atoms with Crippen LogP contribution in [0.25, 0.3) is 0 Å². The largest absolute Gasteiger partial charge is 0.369 e. The van der Waals surface area contributed by atoms with E-state index in [1.165, 1.54) is 12.3 Å². The number of amides is 1. The predicted molar refractivity (Wildman–Crippen MR) is 102 cm³/mol. The van der Waals surface area contributed by atoms with Crippen LogP contribution in [0, 0.1) is 5.82 Å². The van der Waals surface area contributed by atoms with E-state index in [-0.39, 0.29) is 29.3 Å². The Morgan fingerprint density at radius 3 is 2.81 bits per heavy atom. The minimum absolute atomic E-state index is 0.114. The van der Waals surface area contributed by atoms with Crippen molar-refractivity contribution in [3.8, 4) is 0 Å². The summed E-state index contributed by atoms with van der Waals surface area (Å²) in [4.78, 5) is 18.3. The van der Waals surface area contributed by atoms with Gasteiger partial charge < -0.3 is 10.2 Å². The molecule has 0 radical (unpaired) electrons. The maximum atomic E-state index is 13.6.